The summed E-state index contributed by atoms with van der Waals surface area (Å²) in [5.74, 6) is -3.49. The second-order valence-electron chi connectivity index (χ2n) is 10.2. The highest BCUT2D eigenvalue weighted by atomic mass is 16.8. The van der Waals surface area contributed by atoms with Gasteiger partial charge in [0.1, 0.15) is 37.3 Å². The molecule has 8 atom stereocenters. The molecule has 1 aromatic rings. The van der Waals surface area contributed by atoms with Gasteiger partial charge in [-0.15, -0.1) is 0 Å². The fourth-order valence-corrected chi connectivity index (χ4v) is 4.56. The number of ether oxygens (including phenoxy) is 9. The van der Waals surface area contributed by atoms with E-state index >= 15 is 0 Å². The van der Waals surface area contributed by atoms with Crippen LogP contribution in [0.15, 0.2) is 36.4 Å². The molecule has 1 N–H and O–H groups in total. The van der Waals surface area contributed by atoms with Crippen LogP contribution in [0.4, 0.5) is 5.69 Å². The Hall–Kier alpha value is -4.54. The quantitative estimate of drug-likeness (QED) is 0.193. The number of nitrogens with one attached hydrogen (secondary N) is 1. The van der Waals surface area contributed by atoms with Crippen LogP contribution in [0, 0.1) is 0 Å². The van der Waals surface area contributed by atoms with Gasteiger partial charge in [0.2, 0.25) is 12.2 Å². The molecule has 0 unspecified atom stereocenters. The van der Waals surface area contributed by atoms with E-state index in [1.54, 1.807) is 30.3 Å². The molecule has 1 saturated heterocycles. The number of hydrogen-bond acceptors (Lipinski definition) is 15. The summed E-state index contributed by atoms with van der Waals surface area (Å²) in [7, 11) is 0. The first kappa shape index (κ1) is 35.9. The van der Waals surface area contributed by atoms with E-state index in [-0.39, 0.29) is 12.5 Å². The third kappa shape index (κ3) is 11.1. The lowest BCUT2D eigenvalue weighted by molar-refractivity contribution is -0.322. The molecular weight excluding hydrogens is 614 g/mol. The van der Waals surface area contributed by atoms with E-state index in [2.05, 4.69) is 5.32 Å². The monoisotopic (exact) mass is 651 g/mol. The fourth-order valence-electron chi connectivity index (χ4n) is 4.56. The molecule has 2 aliphatic rings. The third-order valence-corrected chi connectivity index (χ3v) is 6.25. The number of esters is 5. The van der Waals surface area contributed by atoms with Gasteiger partial charge >= 0.3 is 29.8 Å². The lowest BCUT2D eigenvalue weighted by Gasteiger charge is -2.45. The van der Waals surface area contributed by atoms with Crippen LogP contribution >= 0.6 is 0 Å². The maximum Gasteiger partial charge on any atom is 0.303 e. The Morgan fingerprint density at radius 2 is 1.20 bits per heavy atom. The first-order valence-electron chi connectivity index (χ1n) is 14.2. The molecule has 0 spiro atoms. The predicted molar refractivity (Wildman–Crippen MR) is 153 cm³/mol. The van der Waals surface area contributed by atoms with Crippen LogP contribution in [-0.4, -0.2) is 98.2 Å². The molecule has 0 aromatic heterocycles. The maximum absolute atomic E-state index is 12.2. The number of carbonyl (C=O) groups is 6. The molecular formula is C30H37NO15. The molecule has 2 heterocycles. The van der Waals surface area contributed by atoms with Crippen molar-refractivity contribution < 1.29 is 71.4 Å². The Morgan fingerprint density at radius 1 is 0.652 bits per heavy atom. The van der Waals surface area contributed by atoms with Crippen LogP contribution in [0.2, 0.25) is 0 Å². The van der Waals surface area contributed by atoms with Crippen LogP contribution in [0.5, 0.6) is 5.75 Å². The van der Waals surface area contributed by atoms with Crippen molar-refractivity contribution in [2.45, 2.75) is 90.7 Å². The van der Waals surface area contributed by atoms with E-state index in [0.29, 0.717) is 11.4 Å². The Bertz CT molecular complexity index is 1300. The largest absolute Gasteiger partial charge is 0.463 e. The second kappa shape index (κ2) is 16.7. The summed E-state index contributed by atoms with van der Waals surface area (Å²) in [5.41, 5.74) is 0.561. The standard InChI is InChI=1S/C30H37NO15/c1-15(32)31-21-7-9-22(10-8-21)43-26-12-11-23(24(44-26)13-38-16(2)33)45-30-29(42-20(6)37)28(41-19(5)36)27(40-18(4)35)25(46-30)14-39-17(3)34/h7-12,23-30H,13-14H2,1-6H3,(H,31,32)/t23-,24+,25+,26-,27+,28-,29+,30-/m0/s1. The smallest absolute Gasteiger partial charge is 0.303 e. The Balaban J connectivity index is 1.90. The van der Waals surface area contributed by atoms with Crippen LogP contribution in [0.25, 0.3) is 0 Å². The molecule has 0 aliphatic carbocycles. The number of benzene rings is 1. The number of carbonyl (C=O) groups excluding carboxylic acids is 6. The predicted octanol–water partition coefficient (Wildman–Crippen LogP) is 1.34. The van der Waals surface area contributed by atoms with Crippen LogP contribution in [0.1, 0.15) is 41.5 Å². The zero-order valence-electron chi connectivity index (χ0n) is 26.1. The Kier molecular flexibility index (Phi) is 13.0. The van der Waals surface area contributed by atoms with Gasteiger partial charge in [0.15, 0.2) is 24.6 Å². The van der Waals surface area contributed by atoms with Crippen molar-refractivity contribution in [2.75, 3.05) is 18.5 Å². The van der Waals surface area contributed by atoms with Gasteiger partial charge in [-0.05, 0) is 30.3 Å². The molecule has 1 aromatic carbocycles. The van der Waals surface area contributed by atoms with E-state index in [9.17, 15) is 28.8 Å². The van der Waals surface area contributed by atoms with E-state index in [0.717, 1.165) is 27.7 Å². The van der Waals surface area contributed by atoms with Crippen molar-refractivity contribution in [2.24, 2.45) is 0 Å². The third-order valence-electron chi connectivity index (χ3n) is 6.25. The van der Waals surface area contributed by atoms with Gasteiger partial charge in [0.25, 0.3) is 0 Å². The molecule has 1 amide bonds. The molecule has 0 radical (unpaired) electrons. The summed E-state index contributed by atoms with van der Waals surface area (Å²) in [6.45, 7) is 6.32. The zero-order valence-corrected chi connectivity index (χ0v) is 26.1. The molecule has 0 saturated carbocycles. The van der Waals surface area contributed by atoms with Crippen molar-refractivity contribution in [1.82, 2.24) is 0 Å². The van der Waals surface area contributed by atoms with Gasteiger partial charge in [0, 0.05) is 47.2 Å². The molecule has 46 heavy (non-hydrogen) atoms. The van der Waals surface area contributed by atoms with Gasteiger partial charge < -0.3 is 47.9 Å². The summed E-state index contributed by atoms with van der Waals surface area (Å²) in [4.78, 5) is 70.8. The van der Waals surface area contributed by atoms with Crippen molar-refractivity contribution in [3.8, 4) is 5.75 Å². The van der Waals surface area contributed by atoms with E-state index in [1.165, 1.54) is 19.9 Å². The maximum atomic E-state index is 12.2. The van der Waals surface area contributed by atoms with E-state index in [4.69, 9.17) is 42.6 Å². The van der Waals surface area contributed by atoms with E-state index < -0.39 is 85.7 Å². The topological polar surface area (TPSA) is 198 Å². The summed E-state index contributed by atoms with van der Waals surface area (Å²) < 4.78 is 50.6. The molecule has 252 valence electrons. The minimum absolute atomic E-state index is 0.233. The average Bonchev–Trinajstić information content (AvgIpc) is 2.95. The molecule has 16 heteroatoms. The van der Waals surface area contributed by atoms with Gasteiger partial charge in [-0.2, -0.15) is 0 Å². The number of amides is 1. The van der Waals surface area contributed by atoms with E-state index in [1.807, 2.05) is 0 Å². The van der Waals surface area contributed by atoms with Crippen LogP contribution in [0.3, 0.4) is 0 Å². The Labute approximate surface area is 264 Å². The van der Waals surface area contributed by atoms with Crippen LogP contribution < -0.4 is 10.1 Å². The molecule has 3 rings (SSSR count). The molecule has 1 fully saturated rings. The minimum Gasteiger partial charge on any atom is -0.463 e. The van der Waals surface area contributed by atoms with Crippen molar-refractivity contribution in [1.29, 1.82) is 0 Å². The van der Waals surface area contributed by atoms with Gasteiger partial charge in [0.05, 0.1) is 0 Å². The normalized spacial score (nSPS) is 27.0. The summed E-state index contributed by atoms with van der Waals surface area (Å²) in [6, 6.07) is 6.50. The average molecular weight is 652 g/mol. The second-order valence-corrected chi connectivity index (χ2v) is 10.2. The zero-order chi connectivity index (χ0) is 34.0. The van der Waals surface area contributed by atoms with Gasteiger partial charge in [-0.25, -0.2) is 0 Å². The highest BCUT2D eigenvalue weighted by Crippen LogP contribution is 2.32. The van der Waals surface area contributed by atoms with Crippen molar-refractivity contribution >= 4 is 41.4 Å². The van der Waals surface area contributed by atoms with Crippen LogP contribution in [-0.2, 0) is 66.7 Å². The SMILES string of the molecule is CC(=O)Nc1ccc(O[C@@H]2C=C[C@H](O[C@H]3O[C@H](COC(C)=O)[C@@H](OC(C)=O)[C@H](OC(C)=O)[C@H]3OC(C)=O)[C@@H](COC(C)=O)O2)cc1. The van der Waals surface area contributed by atoms with Gasteiger partial charge in [-0.1, -0.05) is 6.08 Å². The molecule has 16 nitrogen and oxygen atoms in total. The summed E-state index contributed by atoms with van der Waals surface area (Å²) in [6.07, 6.45) is -6.95. The molecule has 0 bridgehead atoms. The number of anilines is 1. The number of hydrogen-bond donors (Lipinski definition) is 1. The first-order chi connectivity index (χ1) is 21.7. The fraction of sp³-hybridized carbons (Fsp3) is 0.533. The van der Waals surface area contributed by atoms with Gasteiger partial charge in [-0.3, -0.25) is 28.8 Å². The minimum atomic E-state index is -1.50. The highest BCUT2D eigenvalue weighted by Gasteiger charge is 2.53. The Morgan fingerprint density at radius 3 is 1.74 bits per heavy atom. The summed E-state index contributed by atoms with van der Waals surface area (Å²) >= 11 is 0. The lowest BCUT2D eigenvalue weighted by atomic mass is 9.97. The number of rotatable bonds is 12. The van der Waals surface area contributed by atoms with Crippen molar-refractivity contribution in [3.05, 3.63) is 36.4 Å². The molecule has 2 aliphatic heterocycles. The lowest BCUT2D eigenvalue weighted by Crippen LogP contribution is -2.63. The first-order valence-corrected chi connectivity index (χ1v) is 14.2. The highest BCUT2D eigenvalue weighted by molar-refractivity contribution is 5.88. The van der Waals surface area contributed by atoms with Crippen molar-refractivity contribution in [3.63, 3.8) is 0 Å². The summed E-state index contributed by atoms with van der Waals surface area (Å²) in [5, 5.41) is 2.65.